The Morgan fingerprint density at radius 3 is 2.33 bits per heavy atom. The van der Waals surface area contributed by atoms with E-state index in [1.165, 1.54) is 0 Å². The van der Waals surface area contributed by atoms with Crippen LogP contribution in [0.15, 0.2) is 0 Å². The van der Waals surface area contributed by atoms with Crippen molar-refractivity contribution in [1.82, 2.24) is 5.32 Å². The second kappa shape index (κ2) is 5.69. The maximum Gasteiger partial charge on any atom is 0.311 e. The second-order valence-corrected chi connectivity index (χ2v) is 5.62. The van der Waals surface area contributed by atoms with Crippen molar-refractivity contribution in [2.24, 2.45) is 11.1 Å². The first-order valence-corrected chi connectivity index (χ1v) is 6.65. The minimum absolute atomic E-state index is 0.136. The molecule has 0 heterocycles. The van der Waals surface area contributed by atoms with Crippen molar-refractivity contribution in [3.8, 4) is 0 Å². The molecule has 0 bridgehead atoms. The largest absolute Gasteiger partial charge is 0.481 e. The Kier molecular flexibility index (Phi) is 4.73. The van der Waals surface area contributed by atoms with Crippen molar-refractivity contribution in [2.45, 2.75) is 57.9 Å². The number of nitrogens with one attached hydrogen (secondary N) is 1. The molecule has 0 saturated heterocycles. The van der Waals surface area contributed by atoms with Gasteiger partial charge < -0.3 is 16.2 Å². The number of carbonyl (C=O) groups excluding carboxylic acids is 1. The average molecular weight is 256 g/mol. The maximum atomic E-state index is 12.1. The van der Waals surface area contributed by atoms with E-state index in [1.54, 1.807) is 13.8 Å². The summed E-state index contributed by atoms with van der Waals surface area (Å²) < 4.78 is 0. The lowest BCUT2D eigenvalue weighted by atomic mass is 9.81. The first kappa shape index (κ1) is 15.0. The fourth-order valence-electron chi connectivity index (χ4n) is 2.21. The van der Waals surface area contributed by atoms with Gasteiger partial charge in [0.2, 0.25) is 5.91 Å². The molecule has 5 heteroatoms. The summed E-state index contributed by atoms with van der Waals surface area (Å²) in [6.45, 7) is 3.58. The SMILES string of the molecule is CCC(C)(CNC(=O)C1(N)CCCCC1)C(=O)O. The fourth-order valence-corrected chi connectivity index (χ4v) is 2.21. The Labute approximate surface area is 108 Å². The maximum absolute atomic E-state index is 12.1. The average Bonchev–Trinajstić information content (AvgIpc) is 2.36. The second-order valence-electron chi connectivity index (χ2n) is 5.62. The van der Waals surface area contributed by atoms with Crippen molar-refractivity contribution < 1.29 is 14.7 Å². The highest BCUT2D eigenvalue weighted by Gasteiger charge is 2.37. The van der Waals surface area contributed by atoms with Crippen LogP contribution in [-0.2, 0) is 9.59 Å². The van der Waals surface area contributed by atoms with Crippen molar-refractivity contribution in [2.75, 3.05) is 6.54 Å². The zero-order chi connectivity index (χ0) is 13.8. The summed E-state index contributed by atoms with van der Waals surface area (Å²) in [6, 6.07) is 0. The van der Waals surface area contributed by atoms with E-state index in [9.17, 15) is 9.59 Å². The summed E-state index contributed by atoms with van der Waals surface area (Å²) in [5, 5.41) is 11.9. The van der Waals surface area contributed by atoms with Gasteiger partial charge >= 0.3 is 5.97 Å². The summed E-state index contributed by atoms with van der Waals surface area (Å²) in [5.41, 5.74) is 4.37. The predicted octanol–water partition coefficient (Wildman–Crippen LogP) is 1.27. The third kappa shape index (κ3) is 3.22. The van der Waals surface area contributed by atoms with E-state index in [-0.39, 0.29) is 12.5 Å². The molecule has 5 nitrogen and oxygen atoms in total. The molecule has 1 atom stereocenters. The van der Waals surface area contributed by atoms with Crippen LogP contribution in [0.3, 0.4) is 0 Å². The first-order valence-electron chi connectivity index (χ1n) is 6.65. The molecule has 0 aromatic heterocycles. The highest BCUT2D eigenvalue weighted by Crippen LogP contribution is 2.27. The number of carbonyl (C=O) groups is 2. The Morgan fingerprint density at radius 2 is 1.89 bits per heavy atom. The predicted molar refractivity (Wildman–Crippen MR) is 69.0 cm³/mol. The number of nitrogens with two attached hydrogens (primary N) is 1. The lowest BCUT2D eigenvalue weighted by molar-refractivity contribution is -0.148. The molecule has 0 radical (unpaired) electrons. The van der Waals surface area contributed by atoms with Crippen LogP contribution in [-0.4, -0.2) is 29.1 Å². The van der Waals surface area contributed by atoms with E-state index >= 15 is 0 Å². The number of carboxylic acids is 1. The van der Waals surface area contributed by atoms with Gasteiger partial charge in [-0.15, -0.1) is 0 Å². The van der Waals surface area contributed by atoms with E-state index in [0.717, 1.165) is 19.3 Å². The molecular formula is C13H24N2O3. The van der Waals surface area contributed by atoms with E-state index < -0.39 is 16.9 Å². The fraction of sp³-hybridized carbons (Fsp3) is 0.846. The monoisotopic (exact) mass is 256 g/mol. The molecule has 0 spiro atoms. The Hall–Kier alpha value is -1.10. The molecular weight excluding hydrogens is 232 g/mol. The summed E-state index contributed by atoms with van der Waals surface area (Å²) in [6.07, 6.45) is 4.90. The van der Waals surface area contributed by atoms with Gasteiger partial charge in [0.05, 0.1) is 11.0 Å². The van der Waals surface area contributed by atoms with Gasteiger partial charge in [-0.1, -0.05) is 26.2 Å². The van der Waals surface area contributed by atoms with Crippen LogP contribution < -0.4 is 11.1 Å². The molecule has 1 aliphatic rings. The van der Waals surface area contributed by atoms with Gasteiger partial charge in [0.1, 0.15) is 0 Å². The van der Waals surface area contributed by atoms with Crippen molar-refractivity contribution in [3.63, 3.8) is 0 Å². The zero-order valence-corrected chi connectivity index (χ0v) is 11.3. The summed E-state index contributed by atoms with van der Waals surface area (Å²) in [7, 11) is 0. The summed E-state index contributed by atoms with van der Waals surface area (Å²) in [5.74, 6) is -1.09. The number of rotatable bonds is 5. The van der Waals surface area contributed by atoms with Crippen LogP contribution in [0, 0.1) is 5.41 Å². The van der Waals surface area contributed by atoms with Gasteiger partial charge in [-0.3, -0.25) is 9.59 Å². The van der Waals surface area contributed by atoms with Crippen LogP contribution >= 0.6 is 0 Å². The van der Waals surface area contributed by atoms with Crippen LogP contribution in [0.25, 0.3) is 0 Å². The third-order valence-electron chi connectivity index (χ3n) is 4.13. The molecule has 18 heavy (non-hydrogen) atoms. The molecule has 0 aliphatic heterocycles. The smallest absolute Gasteiger partial charge is 0.311 e. The van der Waals surface area contributed by atoms with Gasteiger partial charge in [0.25, 0.3) is 0 Å². The quantitative estimate of drug-likeness (QED) is 0.690. The van der Waals surface area contributed by atoms with Gasteiger partial charge in [0, 0.05) is 6.54 Å². The molecule has 1 rings (SSSR count). The van der Waals surface area contributed by atoms with Gasteiger partial charge in [-0.2, -0.15) is 0 Å². The summed E-state index contributed by atoms with van der Waals surface area (Å²) >= 11 is 0. The third-order valence-corrected chi connectivity index (χ3v) is 4.13. The Balaban J connectivity index is 2.57. The van der Waals surface area contributed by atoms with Crippen molar-refractivity contribution in [3.05, 3.63) is 0 Å². The topological polar surface area (TPSA) is 92.4 Å². The number of amides is 1. The Morgan fingerprint density at radius 1 is 1.33 bits per heavy atom. The molecule has 1 aliphatic carbocycles. The van der Waals surface area contributed by atoms with Crippen LogP contribution in [0.1, 0.15) is 52.4 Å². The van der Waals surface area contributed by atoms with Gasteiger partial charge in [-0.05, 0) is 26.2 Å². The van der Waals surface area contributed by atoms with E-state index in [1.807, 2.05) is 0 Å². The molecule has 0 aromatic carbocycles. The molecule has 4 N–H and O–H groups in total. The number of hydrogen-bond donors (Lipinski definition) is 3. The molecule has 1 fully saturated rings. The van der Waals surface area contributed by atoms with E-state index in [2.05, 4.69) is 5.32 Å². The minimum atomic E-state index is -0.916. The molecule has 1 saturated carbocycles. The molecule has 1 amide bonds. The van der Waals surface area contributed by atoms with Crippen molar-refractivity contribution >= 4 is 11.9 Å². The van der Waals surface area contributed by atoms with E-state index in [4.69, 9.17) is 10.8 Å². The van der Waals surface area contributed by atoms with Gasteiger partial charge in [-0.25, -0.2) is 0 Å². The lowest BCUT2D eigenvalue weighted by Crippen LogP contribution is -2.56. The normalized spacial score (nSPS) is 21.9. The number of carboxylic acid groups (broad SMARTS) is 1. The van der Waals surface area contributed by atoms with Gasteiger partial charge in [0.15, 0.2) is 0 Å². The first-order chi connectivity index (χ1) is 8.34. The minimum Gasteiger partial charge on any atom is -0.481 e. The number of hydrogen-bond acceptors (Lipinski definition) is 3. The zero-order valence-electron chi connectivity index (χ0n) is 11.3. The van der Waals surface area contributed by atoms with Crippen LogP contribution in [0.5, 0.6) is 0 Å². The van der Waals surface area contributed by atoms with Crippen LogP contribution in [0.4, 0.5) is 0 Å². The summed E-state index contributed by atoms with van der Waals surface area (Å²) in [4.78, 5) is 23.2. The highest BCUT2D eigenvalue weighted by molar-refractivity contribution is 5.86. The van der Waals surface area contributed by atoms with Crippen LogP contribution in [0.2, 0.25) is 0 Å². The molecule has 1 unspecified atom stereocenters. The lowest BCUT2D eigenvalue weighted by Gasteiger charge is -2.33. The van der Waals surface area contributed by atoms with E-state index in [0.29, 0.717) is 19.3 Å². The molecule has 104 valence electrons. The Bertz CT molecular complexity index is 324. The number of aliphatic carboxylic acids is 1. The standard InChI is InChI=1S/C13H24N2O3/c1-3-12(2,11(17)18)9-15-10(16)13(14)7-5-4-6-8-13/h3-9,14H2,1-2H3,(H,15,16)(H,17,18). The highest BCUT2D eigenvalue weighted by atomic mass is 16.4. The van der Waals surface area contributed by atoms with Crippen molar-refractivity contribution in [1.29, 1.82) is 0 Å². The molecule has 0 aromatic rings.